The summed E-state index contributed by atoms with van der Waals surface area (Å²) in [5.41, 5.74) is 1.28. The Morgan fingerprint density at radius 2 is 2.43 bits per heavy atom. The minimum absolute atomic E-state index is 0.301. The Morgan fingerprint density at radius 1 is 1.57 bits per heavy atom. The molecule has 1 aliphatic heterocycles. The monoisotopic (exact) mass is 256 g/mol. The van der Waals surface area contributed by atoms with E-state index in [0.29, 0.717) is 6.10 Å². The van der Waals surface area contributed by atoms with Crippen molar-refractivity contribution in [2.24, 2.45) is 0 Å². The maximum atomic E-state index is 5.80. The molecule has 1 atom stereocenters. The number of aryl methyl sites for hydroxylation is 1. The molecule has 0 bridgehead atoms. The van der Waals surface area contributed by atoms with Crippen LogP contribution in [-0.2, 0) is 6.42 Å². The van der Waals surface area contributed by atoms with Crippen LogP contribution in [0.4, 0.5) is 0 Å². The molecule has 0 saturated carbocycles. The highest BCUT2D eigenvalue weighted by Crippen LogP contribution is 2.31. The summed E-state index contributed by atoms with van der Waals surface area (Å²) in [5.74, 6) is 1.83. The van der Waals surface area contributed by atoms with Crippen molar-refractivity contribution >= 4 is 15.9 Å². The van der Waals surface area contributed by atoms with Gasteiger partial charge in [-0.1, -0.05) is 22.0 Å². The number of rotatable bonds is 2. The quantitative estimate of drug-likeness (QED) is 0.758. The van der Waals surface area contributed by atoms with Crippen molar-refractivity contribution in [2.75, 3.05) is 12.4 Å². The van der Waals surface area contributed by atoms with Crippen molar-refractivity contribution in [1.29, 1.82) is 0 Å². The van der Waals surface area contributed by atoms with Gasteiger partial charge in [0.25, 0.3) is 0 Å². The number of hydrogen-bond donors (Lipinski definition) is 0. The lowest BCUT2D eigenvalue weighted by atomic mass is 10.0. The Balaban J connectivity index is 2.25. The van der Waals surface area contributed by atoms with Gasteiger partial charge in [-0.15, -0.1) is 0 Å². The Kier molecular flexibility index (Phi) is 2.96. The molecular weight excluding hydrogens is 244 g/mol. The first-order valence-electron chi connectivity index (χ1n) is 4.73. The number of halogens is 1. The summed E-state index contributed by atoms with van der Waals surface area (Å²) in [6.07, 6.45) is 2.48. The van der Waals surface area contributed by atoms with Gasteiger partial charge in [-0.05, 0) is 24.5 Å². The largest absolute Gasteiger partial charge is 0.497 e. The van der Waals surface area contributed by atoms with E-state index < -0.39 is 0 Å². The molecule has 2 rings (SSSR count). The SMILES string of the molecule is COc1ccc2c(c1)O[C@@H](CBr)CC2. The van der Waals surface area contributed by atoms with Gasteiger partial charge in [0.05, 0.1) is 7.11 Å². The molecule has 2 nitrogen and oxygen atoms in total. The average Bonchev–Trinajstić information content (AvgIpc) is 2.27. The maximum absolute atomic E-state index is 5.80. The summed E-state index contributed by atoms with van der Waals surface area (Å²) in [5, 5.41) is 0.893. The minimum Gasteiger partial charge on any atom is -0.497 e. The lowest BCUT2D eigenvalue weighted by Gasteiger charge is -2.24. The van der Waals surface area contributed by atoms with Crippen LogP contribution in [0.15, 0.2) is 18.2 Å². The molecule has 0 amide bonds. The lowest BCUT2D eigenvalue weighted by molar-refractivity contribution is 0.197. The molecular formula is C11H13BrO2. The molecule has 3 heteroatoms. The molecule has 1 aromatic rings. The predicted octanol–water partition coefficient (Wildman–Crippen LogP) is 2.78. The maximum Gasteiger partial charge on any atom is 0.126 e. The second kappa shape index (κ2) is 4.22. The summed E-state index contributed by atoms with van der Waals surface area (Å²) < 4.78 is 11.0. The Hall–Kier alpha value is -0.700. The molecule has 1 aliphatic rings. The fraction of sp³-hybridized carbons (Fsp3) is 0.455. The third-order valence-corrected chi connectivity index (χ3v) is 3.20. The number of methoxy groups -OCH3 is 1. The highest BCUT2D eigenvalue weighted by molar-refractivity contribution is 9.09. The normalized spacial score (nSPS) is 19.7. The van der Waals surface area contributed by atoms with E-state index in [1.807, 2.05) is 12.1 Å². The molecule has 0 spiro atoms. The second-order valence-electron chi connectivity index (χ2n) is 3.41. The Morgan fingerprint density at radius 3 is 3.14 bits per heavy atom. The molecule has 0 N–H and O–H groups in total. The van der Waals surface area contributed by atoms with Crippen LogP contribution in [0.5, 0.6) is 11.5 Å². The van der Waals surface area contributed by atoms with E-state index in [9.17, 15) is 0 Å². The summed E-state index contributed by atoms with van der Waals surface area (Å²) in [6.45, 7) is 0. The number of benzene rings is 1. The van der Waals surface area contributed by atoms with Crippen molar-refractivity contribution < 1.29 is 9.47 Å². The van der Waals surface area contributed by atoms with Crippen molar-refractivity contribution in [3.05, 3.63) is 23.8 Å². The zero-order valence-electron chi connectivity index (χ0n) is 8.13. The molecule has 0 unspecified atom stereocenters. The molecule has 1 heterocycles. The molecule has 14 heavy (non-hydrogen) atoms. The van der Waals surface area contributed by atoms with Gasteiger partial charge >= 0.3 is 0 Å². The molecule has 0 saturated heterocycles. The zero-order chi connectivity index (χ0) is 9.97. The van der Waals surface area contributed by atoms with Crippen LogP contribution in [0.1, 0.15) is 12.0 Å². The second-order valence-corrected chi connectivity index (χ2v) is 4.05. The van der Waals surface area contributed by atoms with Crippen LogP contribution < -0.4 is 9.47 Å². The van der Waals surface area contributed by atoms with E-state index in [1.165, 1.54) is 5.56 Å². The van der Waals surface area contributed by atoms with Crippen LogP contribution in [0.25, 0.3) is 0 Å². The standard InChI is InChI=1S/C11H13BrO2/c1-13-9-4-2-8-3-5-10(7-12)14-11(8)6-9/h2,4,6,10H,3,5,7H2,1H3/t10-/m1/s1. The van der Waals surface area contributed by atoms with Gasteiger partial charge in [0.15, 0.2) is 0 Å². The predicted molar refractivity (Wildman–Crippen MR) is 59.5 cm³/mol. The first-order chi connectivity index (χ1) is 6.83. The van der Waals surface area contributed by atoms with Crippen molar-refractivity contribution in [2.45, 2.75) is 18.9 Å². The topological polar surface area (TPSA) is 18.5 Å². The molecule has 76 valence electrons. The Bertz CT molecular complexity index is 325. The lowest BCUT2D eigenvalue weighted by Crippen LogP contribution is -2.23. The van der Waals surface area contributed by atoms with E-state index in [4.69, 9.17) is 9.47 Å². The van der Waals surface area contributed by atoms with Gasteiger partial charge < -0.3 is 9.47 Å². The first-order valence-corrected chi connectivity index (χ1v) is 5.85. The van der Waals surface area contributed by atoms with Crippen molar-refractivity contribution in [3.8, 4) is 11.5 Å². The number of alkyl halides is 1. The molecule has 0 aromatic heterocycles. The van der Waals surface area contributed by atoms with E-state index in [0.717, 1.165) is 29.7 Å². The van der Waals surface area contributed by atoms with Gasteiger partial charge in [0.2, 0.25) is 0 Å². The van der Waals surface area contributed by atoms with Crippen molar-refractivity contribution in [1.82, 2.24) is 0 Å². The summed E-state index contributed by atoms with van der Waals surface area (Å²) in [6, 6.07) is 6.03. The number of hydrogen-bond acceptors (Lipinski definition) is 2. The van der Waals surface area contributed by atoms with Crippen LogP contribution in [0.3, 0.4) is 0 Å². The molecule has 1 aromatic carbocycles. The van der Waals surface area contributed by atoms with Gasteiger partial charge in [-0.25, -0.2) is 0 Å². The third kappa shape index (κ3) is 1.87. The highest BCUT2D eigenvalue weighted by atomic mass is 79.9. The molecule has 0 fully saturated rings. The molecule has 0 radical (unpaired) electrons. The number of fused-ring (bicyclic) bond motifs is 1. The fourth-order valence-corrected chi connectivity index (χ4v) is 2.10. The van der Waals surface area contributed by atoms with Crippen molar-refractivity contribution in [3.63, 3.8) is 0 Å². The fourth-order valence-electron chi connectivity index (χ4n) is 1.64. The van der Waals surface area contributed by atoms with E-state index in [2.05, 4.69) is 22.0 Å². The van der Waals surface area contributed by atoms with E-state index in [1.54, 1.807) is 7.11 Å². The summed E-state index contributed by atoms with van der Waals surface area (Å²) in [7, 11) is 1.67. The average molecular weight is 257 g/mol. The first kappa shape index (κ1) is 9.84. The van der Waals surface area contributed by atoms with Crippen LogP contribution in [0, 0.1) is 0 Å². The van der Waals surface area contributed by atoms with Crippen LogP contribution >= 0.6 is 15.9 Å². The third-order valence-electron chi connectivity index (χ3n) is 2.48. The highest BCUT2D eigenvalue weighted by Gasteiger charge is 2.18. The van der Waals surface area contributed by atoms with Crippen LogP contribution in [0.2, 0.25) is 0 Å². The van der Waals surface area contributed by atoms with E-state index in [-0.39, 0.29) is 0 Å². The smallest absolute Gasteiger partial charge is 0.126 e. The van der Waals surface area contributed by atoms with Gasteiger partial charge in [-0.2, -0.15) is 0 Å². The van der Waals surface area contributed by atoms with Gasteiger partial charge in [0, 0.05) is 11.4 Å². The minimum atomic E-state index is 0.301. The molecule has 0 aliphatic carbocycles. The van der Waals surface area contributed by atoms with E-state index >= 15 is 0 Å². The zero-order valence-corrected chi connectivity index (χ0v) is 9.71. The van der Waals surface area contributed by atoms with Gasteiger partial charge in [-0.3, -0.25) is 0 Å². The Labute approximate surface area is 92.3 Å². The summed E-state index contributed by atoms with van der Waals surface area (Å²) in [4.78, 5) is 0. The van der Waals surface area contributed by atoms with Gasteiger partial charge in [0.1, 0.15) is 17.6 Å². The summed E-state index contributed by atoms with van der Waals surface area (Å²) >= 11 is 3.44. The van der Waals surface area contributed by atoms with Crippen LogP contribution in [-0.4, -0.2) is 18.5 Å². The number of ether oxygens (including phenoxy) is 2.